The Labute approximate surface area is 126 Å². The molecule has 4 rings (SSSR count). The van der Waals surface area contributed by atoms with Gasteiger partial charge in [-0.1, -0.05) is 6.42 Å². The molecule has 4 heteroatoms. The number of amides is 1. The molecule has 4 nitrogen and oxygen atoms in total. The van der Waals surface area contributed by atoms with Gasteiger partial charge in [-0.05, 0) is 43.2 Å². The van der Waals surface area contributed by atoms with Crippen LogP contribution in [0.5, 0.6) is 0 Å². The summed E-state index contributed by atoms with van der Waals surface area (Å²) in [6.07, 6.45) is 7.07. The zero-order valence-electron chi connectivity index (χ0n) is 12.7. The van der Waals surface area contributed by atoms with E-state index in [4.69, 9.17) is 4.74 Å². The molecular formula is C17H24N2O2. The van der Waals surface area contributed by atoms with E-state index in [1.807, 2.05) is 19.3 Å². The van der Waals surface area contributed by atoms with Gasteiger partial charge in [0.05, 0.1) is 19.3 Å². The van der Waals surface area contributed by atoms with Crippen molar-refractivity contribution < 1.29 is 9.53 Å². The zero-order valence-corrected chi connectivity index (χ0v) is 12.7. The van der Waals surface area contributed by atoms with Crippen molar-refractivity contribution in [3.05, 3.63) is 24.0 Å². The van der Waals surface area contributed by atoms with Crippen LogP contribution in [0.3, 0.4) is 0 Å². The highest BCUT2D eigenvalue weighted by atomic mass is 16.5. The molecule has 0 unspecified atom stereocenters. The van der Waals surface area contributed by atoms with Crippen molar-refractivity contribution in [3.63, 3.8) is 0 Å². The number of nitrogens with zero attached hydrogens (tertiary/aromatic N) is 2. The van der Waals surface area contributed by atoms with Crippen molar-refractivity contribution in [2.45, 2.75) is 31.7 Å². The average Bonchev–Trinajstić information content (AvgIpc) is 3.22. The van der Waals surface area contributed by atoms with Crippen LogP contribution in [0.1, 0.15) is 37.4 Å². The standard InChI is InChI=1S/C17H24N2O2/c1-18-6-2-3-15(18)16-11-21-8-7-19(16)17(20)14-10-12-4-5-13(14)9-12/h2-3,6,12-14,16H,4-5,7-11H2,1H3/t12-,13-,14-,16-/m0/s1. The first-order valence-corrected chi connectivity index (χ1v) is 8.23. The van der Waals surface area contributed by atoms with E-state index in [9.17, 15) is 4.79 Å². The number of carbonyl (C=O) groups is 1. The van der Waals surface area contributed by atoms with Gasteiger partial charge < -0.3 is 14.2 Å². The van der Waals surface area contributed by atoms with Gasteiger partial charge in [0.25, 0.3) is 0 Å². The number of ether oxygens (including phenoxy) is 1. The highest BCUT2D eigenvalue weighted by molar-refractivity contribution is 5.80. The third-order valence-corrected chi connectivity index (χ3v) is 5.79. The molecule has 2 saturated carbocycles. The summed E-state index contributed by atoms with van der Waals surface area (Å²) < 4.78 is 7.77. The smallest absolute Gasteiger partial charge is 0.226 e. The third-order valence-electron chi connectivity index (χ3n) is 5.79. The lowest BCUT2D eigenvalue weighted by Crippen LogP contribution is -2.47. The Kier molecular flexibility index (Phi) is 3.29. The molecule has 3 fully saturated rings. The van der Waals surface area contributed by atoms with Gasteiger partial charge in [0.1, 0.15) is 0 Å². The van der Waals surface area contributed by atoms with Gasteiger partial charge in [0.15, 0.2) is 0 Å². The lowest BCUT2D eigenvalue weighted by molar-refractivity contribution is -0.146. The number of aryl methyl sites for hydroxylation is 1. The quantitative estimate of drug-likeness (QED) is 0.837. The van der Waals surface area contributed by atoms with Crippen LogP contribution in [0.15, 0.2) is 18.3 Å². The molecule has 1 saturated heterocycles. The van der Waals surface area contributed by atoms with Gasteiger partial charge in [-0.25, -0.2) is 0 Å². The molecule has 0 aromatic carbocycles. The topological polar surface area (TPSA) is 34.5 Å². The SMILES string of the molecule is Cn1cccc1[C@@H]1COCCN1C(=O)[C@H]1C[C@H]2CC[C@H]1C2. The van der Waals surface area contributed by atoms with Crippen LogP contribution in [-0.4, -0.2) is 35.1 Å². The summed E-state index contributed by atoms with van der Waals surface area (Å²) in [6, 6.07) is 4.25. The highest BCUT2D eigenvalue weighted by Gasteiger charge is 2.46. The minimum atomic E-state index is 0.0883. The van der Waals surface area contributed by atoms with E-state index < -0.39 is 0 Å². The third kappa shape index (κ3) is 2.20. The minimum absolute atomic E-state index is 0.0883. The normalized spacial score (nSPS) is 35.4. The highest BCUT2D eigenvalue weighted by Crippen LogP contribution is 2.49. The largest absolute Gasteiger partial charge is 0.377 e. The Morgan fingerprint density at radius 1 is 1.33 bits per heavy atom. The Morgan fingerprint density at radius 2 is 2.24 bits per heavy atom. The second-order valence-corrected chi connectivity index (χ2v) is 6.95. The maximum atomic E-state index is 13.1. The van der Waals surface area contributed by atoms with E-state index in [-0.39, 0.29) is 12.0 Å². The van der Waals surface area contributed by atoms with Crippen LogP contribution in [0, 0.1) is 17.8 Å². The lowest BCUT2D eigenvalue weighted by atomic mass is 9.87. The molecule has 0 radical (unpaired) electrons. The van der Waals surface area contributed by atoms with Gasteiger partial charge in [0, 0.05) is 31.4 Å². The van der Waals surface area contributed by atoms with Crippen LogP contribution >= 0.6 is 0 Å². The molecule has 2 aliphatic carbocycles. The zero-order chi connectivity index (χ0) is 14.4. The average molecular weight is 288 g/mol. The van der Waals surface area contributed by atoms with Crippen molar-refractivity contribution in [2.24, 2.45) is 24.8 Å². The number of fused-ring (bicyclic) bond motifs is 2. The fraction of sp³-hybridized carbons (Fsp3) is 0.706. The molecule has 1 aromatic rings. The van der Waals surface area contributed by atoms with E-state index in [2.05, 4.69) is 15.5 Å². The first-order chi connectivity index (χ1) is 10.2. The Bertz CT molecular complexity index is 539. The van der Waals surface area contributed by atoms with Crippen LogP contribution in [0.25, 0.3) is 0 Å². The van der Waals surface area contributed by atoms with E-state index in [1.54, 1.807) is 0 Å². The summed E-state index contributed by atoms with van der Waals surface area (Å²) in [6.45, 7) is 2.04. The summed E-state index contributed by atoms with van der Waals surface area (Å²) in [5, 5.41) is 0. The van der Waals surface area contributed by atoms with Gasteiger partial charge in [-0.2, -0.15) is 0 Å². The summed E-state index contributed by atoms with van der Waals surface area (Å²) in [5.41, 5.74) is 1.19. The maximum Gasteiger partial charge on any atom is 0.226 e. The number of morpholine rings is 1. The molecule has 1 aliphatic heterocycles. The van der Waals surface area contributed by atoms with E-state index in [0.29, 0.717) is 25.0 Å². The van der Waals surface area contributed by atoms with Crippen molar-refractivity contribution in [3.8, 4) is 0 Å². The van der Waals surface area contributed by atoms with Crippen molar-refractivity contribution in [2.75, 3.05) is 19.8 Å². The lowest BCUT2D eigenvalue weighted by Gasteiger charge is -2.38. The van der Waals surface area contributed by atoms with Crippen molar-refractivity contribution in [1.29, 1.82) is 0 Å². The summed E-state index contributed by atoms with van der Waals surface area (Å²) in [5.74, 6) is 2.14. The van der Waals surface area contributed by atoms with Gasteiger partial charge >= 0.3 is 0 Å². The number of carbonyl (C=O) groups excluding carboxylic acids is 1. The second kappa shape index (κ2) is 5.16. The number of hydrogen-bond donors (Lipinski definition) is 0. The van der Waals surface area contributed by atoms with Crippen molar-refractivity contribution >= 4 is 5.91 Å². The minimum Gasteiger partial charge on any atom is -0.377 e. The molecular weight excluding hydrogens is 264 g/mol. The number of rotatable bonds is 2. The van der Waals surface area contributed by atoms with Crippen LogP contribution in [0.2, 0.25) is 0 Å². The van der Waals surface area contributed by atoms with Crippen LogP contribution in [0.4, 0.5) is 0 Å². The van der Waals surface area contributed by atoms with E-state index in [1.165, 1.54) is 25.0 Å². The molecule has 114 valence electrons. The Morgan fingerprint density at radius 3 is 2.90 bits per heavy atom. The van der Waals surface area contributed by atoms with Crippen molar-refractivity contribution in [1.82, 2.24) is 9.47 Å². The second-order valence-electron chi connectivity index (χ2n) is 6.95. The first-order valence-electron chi connectivity index (χ1n) is 8.23. The van der Waals surface area contributed by atoms with Gasteiger partial charge in [-0.3, -0.25) is 4.79 Å². The van der Waals surface area contributed by atoms with Gasteiger partial charge in [-0.15, -0.1) is 0 Å². The molecule has 2 heterocycles. The maximum absolute atomic E-state index is 13.1. The predicted octanol–water partition coefficient (Wildman–Crippen LogP) is 2.36. The van der Waals surface area contributed by atoms with E-state index in [0.717, 1.165) is 18.9 Å². The number of hydrogen-bond acceptors (Lipinski definition) is 2. The van der Waals surface area contributed by atoms with Crippen LogP contribution in [-0.2, 0) is 16.6 Å². The molecule has 2 bridgehead atoms. The first kappa shape index (κ1) is 13.4. The Balaban J connectivity index is 1.57. The molecule has 0 spiro atoms. The monoisotopic (exact) mass is 288 g/mol. The summed E-state index contributed by atoms with van der Waals surface area (Å²) >= 11 is 0. The fourth-order valence-corrected chi connectivity index (χ4v) is 4.69. The molecule has 21 heavy (non-hydrogen) atoms. The summed E-state index contributed by atoms with van der Waals surface area (Å²) in [7, 11) is 2.05. The van der Waals surface area contributed by atoms with Crippen LogP contribution < -0.4 is 0 Å². The predicted molar refractivity (Wildman–Crippen MR) is 79.6 cm³/mol. The van der Waals surface area contributed by atoms with Gasteiger partial charge in [0.2, 0.25) is 5.91 Å². The number of aromatic nitrogens is 1. The summed E-state index contributed by atoms with van der Waals surface area (Å²) in [4.78, 5) is 15.2. The molecule has 1 aromatic heterocycles. The molecule has 3 aliphatic rings. The fourth-order valence-electron chi connectivity index (χ4n) is 4.69. The Hall–Kier alpha value is -1.29. The molecule has 4 atom stereocenters. The van der Waals surface area contributed by atoms with E-state index >= 15 is 0 Å². The molecule has 1 amide bonds. The molecule has 0 N–H and O–H groups in total.